The maximum Gasteiger partial charge on any atom is 0.265 e. The van der Waals surface area contributed by atoms with Crippen LogP contribution in [0.1, 0.15) is 29.3 Å². The van der Waals surface area contributed by atoms with E-state index in [-0.39, 0.29) is 16.4 Å². The predicted molar refractivity (Wildman–Crippen MR) is 58.8 cm³/mol. The zero-order chi connectivity index (χ0) is 11.6. The molecule has 0 spiro atoms. The molecule has 1 rings (SSSR count). The van der Waals surface area contributed by atoms with Crippen molar-refractivity contribution in [2.75, 3.05) is 0 Å². The van der Waals surface area contributed by atoms with Gasteiger partial charge in [0.15, 0.2) is 0 Å². The zero-order valence-electron chi connectivity index (χ0n) is 7.81. The van der Waals surface area contributed by atoms with Gasteiger partial charge in [0.2, 0.25) is 0 Å². The summed E-state index contributed by atoms with van der Waals surface area (Å²) < 4.78 is 24.7. The van der Waals surface area contributed by atoms with Crippen LogP contribution in [-0.2, 0) is 4.79 Å². The summed E-state index contributed by atoms with van der Waals surface area (Å²) >= 11 is 8.81. The highest BCUT2D eigenvalue weighted by Gasteiger charge is 2.17. The number of Topliss-reactive ketones (excluding diaryl/α,β-unsaturated/α-hetero) is 1. The van der Waals surface area contributed by atoms with Gasteiger partial charge < -0.3 is 0 Å². The molecule has 1 nitrogen and oxygen atoms in total. The molecule has 0 aliphatic carbocycles. The molecule has 1 aromatic rings. The van der Waals surface area contributed by atoms with Gasteiger partial charge in [-0.15, -0.1) is 0 Å². The summed E-state index contributed by atoms with van der Waals surface area (Å²) in [4.78, 5) is 10.5. The lowest BCUT2D eigenvalue weighted by Gasteiger charge is -2.09. The van der Waals surface area contributed by atoms with Crippen LogP contribution < -0.4 is 0 Å². The Labute approximate surface area is 99.6 Å². The lowest BCUT2D eigenvalue weighted by atomic mass is 10.1. The molecule has 0 bridgehead atoms. The van der Waals surface area contributed by atoms with Crippen LogP contribution in [0.15, 0.2) is 18.2 Å². The van der Waals surface area contributed by atoms with Crippen LogP contribution in [0.3, 0.4) is 0 Å². The van der Waals surface area contributed by atoms with Crippen molar-refractivity contribution in [2.24, 2.45) is 0 Å². The van der Waals surface area contributed by atoms with Crippen molar-refractivity contribution in [1.82, 2.24) is 0 Å². The van der Waals surface area contributed by atoms with Crippen LogP contribution in [0, 0.1) is 0 Å². The van der Waals surface area contributed by atoms with Crippen LogP contribution in [0.25, 0.3) is 0 Å². The number of hydrogen-bond donors (Lipinski definition) is 0. The third-order valence-corrected chi connectivity index (χ3v) is 3.41. The van der Waals surface area contributed by atoms with Crippen LogP contribution in [0.5, 0.6) is 0 Å². The molecule has 5 heteroatoms. The van der Waals surface area contributed by atoms with Gasteiger partial charge >= 0.3 is 0 Å². The number of benzene rings is 1. The highest BCUT2D eigenvalue weighted by atomic mass is 79.9. The molecular formula is C10H8BrClF2O. The highest BCUT2D eigenvalue weighted by Crippen LogP contribution is 2.32. The maximum absolute atomic E-state index is 12.4. The molecule has 0 radical (unpaired) electrons. The standard InChI is InChI=1S/C10H8BrClF2O/c1-5(15)9(11)6-2-3-7(10(13)14)8(12)4-6/h2-4,9-10H,1H3. The summed E-state index contributed by atoms with van der Waals surface area (Å²) in [6.07, 6.45) is -2.60. The molecule has 0 amide bonds. The van der Waals surface area contributed by atoms with Crippen LogP contribution in [0.2, 0.25) is 5.02 Å². The van der Waals surface area contributed by atoms with Gasteiger partial charge in [0.1, 0.15) is 5.78 Å². The SMILES string of the molecule is CC(=O)C(Br)c1ccc(C(F)F)c(Cl)c1. The lowest BCUT2D eigenvalue weighted by molar-refractivity contribution is -0.116. The lowest BCUT2D eigenvalue weighted by Crippen LogP contribution is -2.01. The van der Waals surface area contributed by atoms with E-state index in [9.17, 15) is 13.6 Å². The average Bonchev–Trinajstić information content (AvgIpc) is 2.15. The first-order valence-corrected chi connectivity index (χ1v) is 5.45. The Morgan fingerprint density at radius 2 is 2.07 bits per heavy atom. The van der Waals surface area contributed by atoms with Crippen molar-refractivity contribution in [3.8, 4) is 0 Å². The molecule has 0 aliphatic heterocycles. The Balaban J connectivity index is 3.06. The highest BCUT2D eigenvalue weighted by molar-refractivity contribution is 9.09. The van der Waals surface area contributed by atoms with Crippen LogP contribution in [0.4, 0.5) is 8.78 Å². The monoisotopic (exact) mass is 296 g/mol. The van der Waals surface area contributed by atoms with E-state index in [1.165, 1.54) is 25.1 Å². The van der Waals surface area contributed by atoms with E-state index < -0.39 is 11.3 Å². The van der Waals surface area contributed by atoms with E-state index in [0.717, 1.165) is 0 Å². The van der Waals surface area contributed by atoms with Crippen molar-refractivity contribution in [3.05, 3.63) is 34.3 Å². The summed E-state index contributed by atoms with van der Waals surface area (Å²) in [5, 5.41) is -0.0202. The molecule has 0 N–H and O–H groups in total. The molecule has 1 atom stereocenters. The summed E-state index contributed by atoms with van der Waals surface area (Å²) in [5.41, 5.74) is 0.362. The Morgan fingerprint density at radius 3 is 2.47 bits per heavy atom. The first-order chi connectivity index (χ1) is 6.93. The fraction of sp³-hybridized carbons (Fsp3) is 0.300. The fourth-order valence-corrected chi connectivity index (χ4v) is 1.67. The zero-order valence-corrected chi connectivity index (χ0v) is 10.1. The second-order valence-electron chi connectivity index (χ2n) is 3.05. The Hall–Kier alpha value is -0.480. The number of rotatable bonds is 3. The fourth-order valence-electron chi connectivity index (χ4n) is 1.11. The first kappa shape index (κ1) is 12.6. The van der Waals surface area contributed by atoms with Crippen LogP contribution >= 0.6 is 27.5 Å². The van der Waals surface area contributed by atoms with E-state index in [4.69, 9.17) is 11.6 Å². The number of carbonyl (C=O) groups excluding carboxylic acids is 1. The van der Waals surface area contributed by atoms with Gasteiger partial charge in [-0.2, -0.15) is 0 Å². The van der Waals surface area contributed by atoms with Crippen LogP contribution in [-0.4, -0.2) is 5.78 Å². The van der Waals surface area contributed by atoms with E-state index in [2.05, 4.69) is 15.9 Å². The predicted octanol–water partition coefficient (Wildman–Crippen LogP) is 4.30. The van der Waals surface area contributed by atoms with E-state index >= 15 is 0 Å². The van der Waals surface area contributed by atoms with Crippen molar-refractivity contribution in [3.63, 3.8) is 0 Å². The minimum absolute atomic E-state index is 0.0202. The molecule has 0 fully saturated rings. The number of hydrogen-bond acceptors (Lipinski definition) is 1. The minimum Gasteiger partial charge on any atom is -0.298 e. The second-order valence-corrected chi connectivity index (χ2v) is 4.38. The maximum atomic E-state index is 12.4. The Kier molecular flexibility index (Phi) is 4.22. The van der Waals surface area contributed by atoms with E-state index in [1.54, 1.807) is 0 Å². The molecule has 1 unspecified atom stereocenters. The number of carbonyl (C=O) groups is 1. The summed E-state index contributed by atoms with van der Waals surface area (Å²) in [5.74, 6) is -0.101. The van der Waals surface area contributed by atoms with Gasteiger partial charge in [-0.1, -0.05) is 39.7 Å². The summed E-state index contributed by atoms with van der Waals surface area (Å²) in [6, 6.07) is 4.08. The molecule has 15 heavy (non-hydrogen) atoms. The summed E-state index contributed by atoms with van der Waals surface area (Å²) in [6.45, 7) is 1.41. The van der Waals surface area contributed by atoms with Gasteiger partial charge in [0.25, 0.3) is 6.43 Å². The minimum atomic E-state index is -2.60. The Bertz CT molecular complexity index is 382. The molecular weight excluding hydrogens is 289 g/mol. The van der Waals surface area contributed by atoms with Crippen molar-refractivity contribution >= 4 is 33.3 Å². The van der Waals surface area contributed by atoms with Gasteiger partial charge in [-0.05, 0) is 18.6 Å². The van der Waals surface area contributed by atoms with Gasteiger partial charge in [0, 0.05) is 10.6 Å². The molecule has 0 aliphatic rings. The number of ketones is 1. The third-order valence-electron chi connectivity index (χ3n) is 1.91. The molecule has 0 saturated heterocycles. The molecule has 1 aromatic carbocycles. The molecule has 0 aromatic heterocycles. The Morgan fingerprint density at radius 1 is 1.47 bits per heavy atom. The normalized spacial score (nSPS) is 12.9. The van der Waals surface area contributed by atoms with E-state index in [0.29, 0.717) is 5.56 Å². The van der Waals surface area contributed by atoms with Crippen molar-refractivity contribution in [1.29, 1.82) is 0 Å². The second kappa shape index (κ2) is 5.03. The smallest absolute Gasteiger partial charge is 0.265 e. The third kappa shape index (κ3) is 2.98. The van der Waals surface area contributed by atoms with E-state index in [1.807, 2.05) is 0 Å². The largest absolute Gasteiger partial charge is 0.298 e. The van der Waals surface area contributed by atoms with Crippen molar-refractivity contribution < 1.29 is 13.6 Å². The molecule has 0 heterocycles. The topological polar surface area (TPSA) is 17.1 Å². The summed E-state index contributed by atoms with van der Waals surface area (Å²) in [7, 11) is 0. The quantitative estimate of drug-likeness (QED) is 0.760. The van der Waals surface area contributed by atoms with Gasteiger partial charge in [-0.25, -0.2) is 8.78 Å². The van der Waals surface area contributed by atoms with Crippen molar-refractivity contribution in [2.45, 2.75) is 18.2 Å². The average molecular weight is 298 g/mol. The number of halogens is 4. The molecule has 0 saturated carbocycles. The molecule has 82 valence electrons. The van der Waals surface area contributed by atoms with Gasteiger partial charge in [-0.3, -0.25) is 4.79 Å². The number of alkyl halides is 3. The van der Waals surface area contributed by atoms with Gasteiger partial charge in [0.05, 0.1) is 4.83 Å². The first-order valence-electron chi connectivity index (χ1n) is 4.15.